The fourth-order valence-electron chi connectivity index (χ4n) is 2.50. The number of rotatable bonds is 5. The molecule has 0 spiro atoms. The van der Waals surface area contributed by atoms with Crippen molar-refractivity contribution in [3.63, 3.8) is 0 Å². The number of nitrogens with zero attached hydrogens (tertiary/aromatic N) is 3. The van der Waals surface area contributed by atoms with Crippen LogP contribution in [-0.2, 0) is 0 Å². The first kappa shape index (κ1) is 18.8. The van der Waals surface area contributed by atoms with E-state index in [0.717, 1.165) is 0 Å². The predicted octanol–water partition coefficient (Wildman–Crippen LogP) is 5.48. The van der Waals surface area contributed by atoms with Crippen molar-refractivity contribution >= 4 is 34.6 Å². The van der Waals surface area contributed by atoms with Crippen molar-refractivity contribution in [2.75, 3.05) is 0 Å². The lowest BCUT2D eigenvalue weighted by Gasteiger charge is -2.00. The molecule has 8 nitrogen and oxygen atoms in total. The molecule has 0 radical (unpaired) electrons. The molecule has 0 saturated carbocycles. The van der Waals surface area contributed by atoms with Crippen LogP contribution in [0.2, 0.25) is 5.02 Å². The van der Waals surface area contributed by atoms with Gasteiger partial charge in [0.05, 0.1) is 21.5 Å². The Labute approximate surface area is 163 Å². The number of furan rings is 1. The third kappa shape index (κ3) is 3.90. The standard InChI is InChI=1S/C19H10ClN3O5/c20-17-6-4-13(10-18(17)23(26)27)19-7-5-16(28-19)9-14(11-21)12-2-1-3-15(8-12)22(24)25/h1-10H/b14-9+. The van der Waals surface area contributed by atoms with E-state index in [2.05, 4.69) is 0 Å². The first-order valence-corrected chi connectivity index (χ1v) is 8.17. The first-order valence-electron chi connectivity index (χ1n) is 7.80. The zero-order valence-electron chi connectivity index (χ0n) is 14.0. The lowest BCUT2D eigenvalue weighted by molar-refractivity contribution is -0.385. The van der Waals surface area contributed by atoms with Crippen LogP contribution < -0.4 is 0 Å². The number of benzene rings is 2. The highest BCUT2D eigenvalue weighted by molar-refractivity contribution is 6.32. The quantitative estimate of drug-likeness (QED) is 0.320. The van der Waals surface area contributed by atoms with Gasteiger partial charge in [-0.2, -0.15) is 5.26 Å². The molecule has 1 heterocycles. The van der Waals surface area contributed by atoms with Crippen LogP contribution in [0.3, 0.4) is 0 Å². The van der Waals surface area contributed by atoms with Crippen LogP contribution in [0.1, 0.15) is 11.3 Å². The minimum Gasteiger partial charge on any atom is -0.457 e. The number of hydrogen-bond acceptors (Lipinski definition) is 6. The predicted molar refractivity (Wildman–Crippen MR) is 102 cm³/mol. The molecule has 0 aliphatic heterocycles. The minimum absolute atomic E-state index is 0.0119. The van der Waals surface area contributed by atoms with Gasteiger partial charge in [-0.3, -0.25) is 20.2 Å². The molecule has 3 aromatic rings. The van der Waals surface area contributed by atoms with Gasteiger partial charge in [0, 0.05) is 23.8 Å². The summed E-state index contributed by atoms with van der Waals surface area (Å²) >= 11 is 5.81. The van der Waals surface area contributed by atoms with Gasteiger partial charge in [-0.1, -0.05) is 23.7 Å². The molecule has 0 aliphatic carbocycles. The van der Waals surface area contributed by atoms with E-state index in [1.807, 2.05) is 6.07 Å². The Morgan fingerprint density at radius 2 is 1.86 bits per heavy atom. The van der Waals surface area contributed by atoms with Crippen molar-refractivity contribution in [3.05, 3.63) is 91.2 Å². The summed E-state index contributed by atoms with van der Waals surface area (Å²) in [6.07, 6.45) is 1.44. The van der Waals surface area contributed by atoms with Crippen molar-refractivity contribution in [2.45, 2.75) is 0 Å². The Kier molecular flexibility index (Phi) is 5.20. The zero-order chi connectivity index (χ0) is 20.3. The number of non-ortho nitro benzene ring substituents is 1. The SMILES string of the molecule is N#C/C(=C\c1ccc(-c2ccc(Cl)c([N+](=O)[O-])c2)o1)c1cccc([N+](=O)[O-])c1. The van der Waals surface area contributed by atoms with Gasteiger partial charge in [0.15, 0.2) is 0 Å². The molecular weight excluding hydrogens is 386 g/mol. The van der Waals surface area contributed by atoms with Crippen LogP contribution >= 0.6 is 11.6 Å². The number of hydrogen-bond donors (Lipinski definition) is 0. The van der Waals surface area contributed by atoms with Crippen LogP contribution in [0.4, 0.5) is 11.4 Å². The van der Waals surface area contributed by atoms with E-state index < -0.39 is 9.85 Å². The molecule has 0 amide bonds. The Morgan fingerprint density at radius 1 is 1.07 bits per heavy atom. The van der Waals surface area contributed by atoms with Gasteiger partial charge < -0.3 is 4.42 Å². The van der Waals surface area contributed by atoms with E-state index in [9.17, 15) is 25.5 Å². The Bertz CT molecular complexity index is 1160. The molecule has 0 N–H and O–H groups in total. The molecule has 9 heteroatoms. The summed E-state index contributed by atoms with van der Waals surface area (Å²) in [5.74, 6) is 0.665. The summed E-state index contributed by atoms with van der Waals surface area (Å²) in [6.45, 7) is 0. The Balaban J connectivity index is 1.96. The molecular formula is C19H10ClN3O5. The van der Waals surface area contributed by atoms with Crippen molar-refractivity contribution < 1.29 is 14.3 Å². The maximum atomic E-state index is 11.0. The zero-order valence-corrected chi connectivity index (χ0v) is 14.8. The third-order valence-corrected chi connectivity index (χ3v) is 4.15. The Morgan fingerprint density at radius 3 is 2.54 bits per heavy atom. The summed E-state index contributed by atoms with van der Waals surface area (Å²) in [5.41, 5.74) is 0.613. The van der Waals surface area contributed by atoms with Gasteiger partial charge in [-0.05, 0) is 35.9 Å². The maximum Gasteiger partial charge on any atom is 0.288 e. The second-order valence-corrected chi connectivity index (χ2v) is 6.01. The average Bonchev–Trinajstić information content (AvgIpc) is 3.15. The second kappa shape index (κ2) is 7.73. The molecule has 2 aromatic carbocycles. The average molecular weight is 396 g/mol. The minimum atomic E-state index is -0.592. The molecule has 0 bridgehead atoms. The van der Waals surface area contributed by atoms with Crippen molar-refractivity contribution in [1.29, 1.82) is 5.26 Å². The highest BCUT2D eigenvalue weighted by Crippen LogP contribution is 2.32. The fourth-order valence-corrected chi connectivity index (χ4v) is 2.69. The molecule has 0 fully saturated rings. The van der Waals surface area contributed by atoms with E-state index >= 15 is 0 Å². The maximum absolute atomic E-state index is 11.0. The number of nitriles is 1. The van der Waals surface area contributed by atoms with Gasteiger partial charge in [-0.25, -0.2) is 0 Å². The lowest BCUT2D eigenvalue weighted by atomic mass is 10.1. The van der Waals surface area contributed by atoms with E-state index in [1.54, 1.807) is 24.3 Å². The number of nitro benzene ring substituents is 2. The van der Waals surface area contributed by atoms with Crippen LogP contribution in [0.5, 0.6) is 0 Å². The van der Waals surface area contributed by atoms with Crippen LogP contribution in [0.15, 0.2) is 59.0 Å². The fraction of sp³-hybridized carbons (Fsp3) is 0. The smallest absolute Gasteiger partial charge is 0.288 e. The van der Waals surface area contributed by atoms with Crippen molar-refractivity contribution in [2.24, 2.45) is 0 Å². The molecule has 1 aromatic heterocycles. The van der Waals surface area contributed by atoms with Crippen LogP contribution in [-0.4, -0.2) is 9.85 Å². The highest BCUT2D eigenvalue weighted by atomic mass is 35.5. The van der Waals surface area contributed by atoms with Gasteiger partial charge in [0.2, 0.25) is 0 Å². The van der Waals surface area contributed by atoms with Crippen molar-refractivity contribution in [1.82, 2.24) is 0 Å². The highest BCUT2D eigenvalue weighted by Gasteiger charge is 2.15. The summed E-state index contributed by atoms with van der Waals surface area (Å²) in [5, 5.41) is 31.3. The second-order valence-electron chi connectivity index (χ2n) is 5.60. The lowest BCUT2D eigenvalue weighted by Crippen LogP contribution is -1.89. The molecule has 3 rings (SSSR count). The largest absolute Gasteiger partial charge is 0.457 e. The summed E-state index contributed by atoms with van der Waals surface area (Å²) in [6, 6.07) is 15.1. The van der Waals surface area contributed by atoms with Gasteiger partial charge in [0.1, 0.15) is 16.5 Å². The van der Waals surface area contributed by atoms with Gasteiger partial charge in [0.25, 0.3) is 11.4 Å². The number of nitro groups is 2. The summed E-state index contributed by atoms with van der Waals surface area (Å²) < 4.78 is 5.65. The van der Waals surface area contributed by atoms with Gasteiger partial charge in [-0.15, -0.1) is 0 Å². The first-order chi connectivity index (χ1) is 13.4. The third-order valence-electron chi connectivity index (χ3n) is 3.83. The molecule has 0 aliphatic rings. The van der Waals surface area contributed by atoms with Crippen molar-refractivity contribution in [3.8, 4) is 17.4 Å². The monoisotopic (exact) mass is 395 g/mol. The number of halogens is 1. The molecule has 0 saturated heterocycles. The number of allylic oxidation sites excluding steroid dienone is 1. The summed E-state index contributed by atoms with van der Waals surface area (Å²) in [4.78, 5) is 20.8. The van der Waals surface area contributed by atoms with E-state index in [4.69, 9.17) is 16.0 Å². The van der Waals surface area contributed by atoms with E-state index in [1.165, 1.54) is 36.4 Å². The molecule has 0 atom stereocenters. The normalized spacial score (nSPS) is 11.1. The van der Waals surface area contributed by atoms with Crippen LogP contribution in [0, 0.1) is 31.6 Å². The van der Waals surface area contributed by atoms with E-state index in [-0.39, 0.29) is 22.0 Å². The Hall–Kier alpha value is -3.96. The summed E-state index contributed by atoms with van der Waals surface area (Å²) in [7, 11) is 0. The van der Waals surface area contributed by atoms with Crippen LogP contribution in [0.25, 0.3) is 23.0 Å². The van der Waals surface area contributed by atoms with Gasteiger partial charge >= 0.3 is 0 Å². The molecule has 138 valence electrons. The topological polar surface area (TPSA) is 123 Å². The molecule has 0 unspecified atom stereocenters. The van der Waals surface area contributed by atoms with E-state index in [0.29, 0.717) is 22.6 Å². The molecule has 28 heavy (non-hydrogen) atoms.